The maximum absolute atomic E-state index is 12.0. The van der Waals surface area contributed by atoms with Crippen molar-refractivity contribution in [3.05, 3.63) is 62.9 Å². The summed E-state index contributed by atoms with van der Waals surface area (Å²) in [4.78, 5) is 37.3. The SMILES string of the molecule is COC(=O)C(C)(C)c1ccccc1-n1ccc(=O)[nH]c1=O. The van der Waals surface area contributed by atoms with Crippen molar-refractivity contribution in [2.45, 2.75) is 19.3 Å². The maximum atomic E-state index is 12.0. The van der Waals surface area contributed by atoms with Crippen molar-refractivity contribution in [3.63, 3.8) is 0 Å². The Hall–Kier alpha value is -2.63. The first-order chi connectivity index (χ1) is 9.87. The van der Waals surface area contributed by atoms with Gasteiger partial charge >= 0.3 is 11.7 Å². The molecule has 0 fully saturated rings. The number of para-hydroxylation sites is 1. The fourth-order valence-electron chi connectivity index (χ4n) is 2.18. The fraction of sp³-hybridized carbons (Fsp3) is 0.267. The normalized spacial score (nSPS) is 11.2. The van der Waals surface area contributed by atoms with Gasteiger partial charge in [-0.25, -0.2) is 4.79 Å². The number of carbonyl (C=O) groups excluding carboxylic acids is 1. The van der Waals surface area contributed by atoms with E-state index in [4.69, 9.17) is 4.74 Å². The molecule has 0 aliphatic heterocycles. The molecule has 1 N–H and O–H groups in total. The Labute approximate surface area is 121 Å². The number of ether oxygens (including phenoxy) is 1. The standard InChI is InChI=1S/C15H16N2O4/c1-15(2,13(19)21-3)10-6-4-5-7-11(10)17-9-8-12(18)16-14(17)20/h4-9H,1-3H3,(H,16,18,20). The molecule has 0 saturated carbocycles. The number of carbonyl (C=O) groups is 1. The molecule has 1 aromatic carbocycles. The lowest BCUT2D eigenvalue weighted by atomic mass is 9.83. The van der Waals surface area contributed by atoms with Crippen LogP contribution in [0, 0.1) is 0 Å². The van der Waals surface area contributed by atoms with Gasteiger partial charge in [0.1, 0.15) is 0 Å². The Balaban J connectivity index is 2.70. The summed E-state index contributed by atoms with van der Waals surface area (Å²) in [7, 11) is 1.32. The lowest BCUT2D eigenvalue weighted by molar-refractivity contribution is -0.146. The molecule has 0 spiro atoms. The van der Waals surface area contributed by atoms with Crippen LogP contribution in [0.1, 0.15) is 19.4 Å². The molecule has 1 heterocycles. The highest BCUT2D eigenvalue weighted by atomic mass is 16.5. The molecule has 1 aromatic heterocycles. The average Bonchev–Trinajstić information content (AvgIpc) is 2.46. The largest absolute Gasteiger partial charge is 0.468 e. The maximum Gasteiger partial charge on any atom is 0.332 e. The molecular weight excluding hydrogens is 272 g/mol. The van der Waals surface area contributed by atoms with E-state index in [1.165, 1.54) is 23.9 Å². The van der Waals surface area contributed by atoms with Crippen molar-refractivity contribution in [1.29, 1.82) is 0 Å². The van der Waals surface area contributed by atoms with E-state index in [9.17, 15) is 14.4 Å². The molecule has 2 rings (SSSR count). The second-order valence-electron chi connectivity index (χ2n) is 5.11. The highest BCUT2D eigenvalue weighted by molar-refractivity contribution is 5.83. The van der Waals surface area contributed by atoms with Gasteiger partial charge < -0.3 is 4.74 Å². The van der Waals surface area contributed by atoms with Crippen LogP contribution in [-0.4, -0.2) is 22.6 Å². The lowest BCUT2D eigenvalue weighted by Gasteiger charge is -2.25. The summed E-state index contributed by atoms with van der Waals surface area (Å²) in [5.41, 5.74) is -0.808. The van der Waals surface area contributed by atoms with E-state index in [0.717, 1.165) is 0 Å². The highest BCUT2D eigenvalue weighted by Crippen LogP contribution is 2.29. The van der Waals surface area contributed by atoms with Crippen LogP contribution in [0.25, 0.3) is 5.69 Å². The van der Waals surface area contributed by atoms with Crippen LogP contribution in [0.15, 0.2) is 46.1 Å². The van der Waals surface area contributed by atoms with E-state index < -0.39 is 22.6 Å². The molecule has 0 atom stereocenters. The van der Waals surface area contributed by atoms with E-state index >= 15 is 0 Å². The predicted octanol–water partition coefficient (Wildman–Crippen LogP) is 0.976. The average molecular weight is 288 g/mol. The number of aromatic amines is 1. The number of hydrogen-bond donors (Lipinski definition) is 1. The second-order valence-corrected chi connectivity index (χ2v) is 5.11. The first kappa shape index (κ1) is 14.8. The van der Waals surface area contributed by atoms with Crippen LogP contribution >= 0.6 is 0 Å². The summed E-state index contributed by atoms with van der Waals surface area (Å²) < 4.78 is 6.12. The Morgan fingerprint density at radius 2 is 1.86 bits per heavy atom. The van der Waals surface area contributed by atoms with Gasteiger partial charge in [0.15, 0.2) is 0 Å². The minimum absolute atomic E-state index is 0.410. The topological polar surface area (TPSA) is 81.2 Å². The third kappa shape index (κ3) is 2.65. The zero-order valence-corrected chi connectivity index (χ0v) is 12.0. The van der Waals surface area contributed by atoms with Crippen molar-refractivity contribution in [2.75, 3.05) is 7.11 Å². The van der Waals surface area contributed by atoms with Gasteiger partial charge in [-0.3, -0.25) is 19.1 Å². The summed E-state index contributed by atoms with van der Waals surface area (Å²) in [6.45, 7) is 3.43. The van der Waals surface area contributed by atoms with Crippen molar-refractivity contribution >= 4 is 5.97 Å². The van der Waals surface area contributed by atoms with Crippen molar-refractivity contribution < 1.29 is 9.53 Å². The van der Waals surface area contributed by atoms with Gasteiger partial charge in [-0.2, -0.15) is 0 Å². The number of nitrogens with zero attached hydrogens (tertiary/aromatic N) is 1. The Bertz CT molecular complexity index is 787. The molecule has 6 nitrogen and oxygen atoms in total. The number of methoxy groups -OCH3 is 1. The molecule has 0 saturated heterocycles. The van der Waals surface area contributed by atoms with E-state index in [1.54, 1.807) is 38.1 Å². The van der Waals surface area contributed by atoms with Crippen molar-refractivity contribution in [3.8, 4) is 5.69 Å². The van der Waals surface area contributed by atoms with E-state index in [2.05, 4.69) is 4.98 Å². The third-order valence-electron chi connectivity index (χ3n) is 3.36. The number of hydrogen-bond acceptors (Lipinski definition) is 4. The van der Waals surface area contributed by atoms with Crippen molar-refractivity contribution in [1.82, 2.24) is 9.55 Å². The monoisotopic (exact) mass is 288 g/mol. The van der Waals surface area contributed by atoms with Crippen LogP contribution in [0.2, 0.25) is 0 Å². The summed E-state index contributed by atoms with van der Waals surface area (Å²) >= 11 is 0. The molecule has 110 valence electrons. The predicted molar refractivity (Wildman–Crippen MR) is 77.7 cm³/mol. The second kappa shape index (κ2) is 5.40. The van der Waals surface area contributed by atoms with Gasteiger partial charge in [-0.15, -0.1) is 0 Å². The molecule has 2 aromatic rings. The fourth-order valence-corrected chi connectivity index (χ4v) is 2.18. The molecular formula is C15H16N2O4. The minimum atomic E-state index is -0.930. The number of esters is 1. The van der Waals surface area contributed by atoms with Gasteiger partial charge in [0.2, 0.25) is 0 Å². The van der Waals surface area contributed by atoms with Gasteiger partial charge in [0, 0.05) is 12.3 Å². The smallest absolute Gasteiger partial charge is 0.332 e. The Morgan fingerprint density at radius 3 is 2.48 bits per heavy atom. The van der Waals surface area contributed by atoms with Crippen LogP contribution in [0.4, 0.5) is 0 Å². The van der Waals surface area contributed by atoms with E-state index in [-0.39, 0.29) is 0 Å². The lowest BCUT2D eigenvalue weighted by Crippen LogP contribution is -2.34. The number of nitrogens with one attached hydrogen (secondary N) is 1. The quantitative estimate of drug-likeness (QED) is 0.854. The Kier molecular flexibility index (Phi) is 3.80. The van der Waals surface area contributed by atoms with Gasteiger partial charge in [0.25, 0.3) is 5.56 Å². The Morgan fingerprint density at radius 1 is 1.19 bits per heavy atom. The number of aromatic nitrogens is 2. The van der Waals surface area contributed by atoms with Gasteiger partial charge in [0.05, 0.1) is 18.2 Å². The summed E-state index contributed by atoms with van der Waals surface area (Å²) in [5, 5.41) is 0. The molecule has 0 aliphatic carbocycles. The summed E-state index contributed by atoms with van der Waals surface area (Å²) in [6, 6.07) is 8.25. The summed E-state index contributed by atoms with van der Waals surface area (Å²) in [5.74, 6) is -0.410. The van der Waals surface area contributed by atoms with E-state index in [0.29, 0.717) is 11.3 Å². The molecule has 6 heteroatoms. The van der Waals surface area contributed by atoms with Gasteiger partial charge in [-0.05, 0) is 25.5 Å². The number of rotatable bonds is 3. The first-order valence-corrected chi connectivity index (χ1v) is 6.38. The summed E-state index contributed by atoms with van der Waals surface area (Å²) in [6.07, 6.45) is 1.38. The van der Waals surface area contributed by atoms with Crippen LogP contribution < -0.4 is 11.2 Å². The zero-order chi connectivity index (χ0) is 15.6. The minimum Gasteiger partial charge on any atom is -0.468 e. The third-order valence-corrected chi connectivity index (χ3v) is 3.36. The molecule has 0 aliphatic rings. The first-order valence-electron chi connectivity index (χ1n) is 6.38. The number of benzene rings is 1. The van der Waals surface area contributed by atoms with Crippen LogP contribution in [0.3, 0.4) is 0 Å². The van der Waals surface area contributed by atoms with Crippen LogP contribution in [0.5, 0.6) is 0 Å². The molecule has 0 unspecified atom stereocenters. The molecule has 21 heavy (non-hydrogen) atoms. The highest BCUT2D eigenvalue weighted by Gasteiger charge is 2.33. The van der Waals surface area contributed by atoms with Gasteiger partial charge in [-0.1, -0.05) is 18.2 Å². The van der Waals surface area contributed by atoms with Crippen LogP contribution in [-0.2, 0) is 14.9 Å². The molecule has 0 radical (unpaired) electrons. The zero-order valence-electron chi connectivity index (χ0n) is 12.0. The van der Waals surface area contributed by atoms with Crippen molar-refractivity contribution in [2.24, 2.45) is 0 Å². The molecule has 0 bridgehead atoms. The number of H-pyrrole nitrogens is 1. The molecule has 0 amide bonds. The van der Waals surface area contributed by atoms with E-state index in [1.807, 2.05) is 0 Å².